The lowest BCUT2D eigenvalue weighted by Gasteiger charge is -2.20. The van der Waals surface area contributed by atoms with Crippen molar-refractivity contribution < 1.29 is 8.42 Å². The minimum atomic E-state index is -3.49. The molecule has 0 aliphatic carbocycles. The highest BCUT2D eigenvalue weighted by Crippen LogP contribution is 2.27. The molecule has 4 nitrogen and oxygen atoms in total. The average molecular weight is 361 g/mol. The first kappa shape index (κ1) is 15.7. The number of hydrogen-bond acceptors (Lipinski definition) is 2. The van der Waals surface area contributed by atoms with Gasteiger partial charge in [-0.25, -0.2) is 8.42 Å². The van der Waals surface area contributed by atoms with Crippen LogP contribution in [0.5, 0.6) is 0 Å². The van der Waals surface area contributed by atoms with Gasteiger partial charge in [0.15, 0.2) is 0 Å². The van der Waals surface area contributed by atoms with Crippen LogP contribution in [-0.2, 0) is 22.9 Å². The Labute approximate surface area is 146 Å². The number of benzene rings is 2. The molecule has 0 spiro atoms. The molecule has 6 heteroatoms. The first-order chi connectivity index (χ1) is 11.6. The van der Waals surface area contributed by atoms with Gasteiger partial charge in [0.1, 0.15) is 0 Å². The van der Waals surface area contributed by atoms with Gasteiger partial charge in [0, 0.05) is 41.1 Å². The molecule has 24 heavy (non-hydrogen) atoms. The molecule has 0 radical (unpaired) electrons. The number of hydrogen-bond donors (Lipinski definition) is 1. The molecule has 0 saturated carbocycles. The zero-order valence-electron chi connectivity index (χ0n) is 13.0. The minimum absolute atomic E-state index is 0.294. The third kappa shape index (κ3) is 2.62. The summed E-state index contributed by atoms with van der Waals surface area (Å²) in [4.78, 5) is 3.73. The largest absolute Gasteiger partial charge is 0.358 e. The molecule has 0 fully saturated rings. The molecule has 0 unspecified atom stereocenters. The maximum Gasteiger partial charge on any atom is 0.243 e. The molecule has 1 aromatic heterocycles. The number of rotatable bonds is 2. The lowest BCUT2D eigenvalue weighted by molar-refractivity contribution is 0.426. The van der Waals surface area contributed by atoms with Crippen molar-refractivity contribution in [3.05, 3.63) is 64.8 Å². The molecule has 0 bridgehead atoms. The van der Waals surface area contributed by atoms with Crippen molar-refractivity contribution >= 4 is 32.5 Å². The van der Waals surface area contributed by atoms with Gasteiger partial charge in [-0.1, -0.05) is 29.8 Å². The highest BCUT2D eigenvalue weighted by Gasteiger charge is 2.27. The number of H-pyrrole nitrogens is 1. The zero-order valence-corrected chi connectivity index (χ0v) is 14.6. The van der Waals surface area contributed by atoms with E-state index in [2.05, 4.69) is 17.1 Å². The summed E-state index contributed by atoms with van der Waals surface area (Å²) in [7, 11) is -3.49. The van der Waals surface area contributed by atoms with Crippen LogP contribution < -0.4 is 0 Å². The summed E-state index contributed by atoms with van der Waals surface area (Å²) >= 11 is 5.86. The standard InChI is InChI=1S/C18H17ClN2O2S/c19-13-5-7-14(8-6-13)24(22,23)21-11-9-16-15-3-1-2-4-17(15)20-18(16)10-12-21/h1-8,20H,9-12H2. The van der Waals surface area contributed by atoms with Crippen molar-refractivity contribution in [1.82, 2.24) is 9.29 Å². The Balaban J connectivity index is 1.64. The average Bonchev–Trinajstić information content (AvgIpc) is 2.78. The van der Waals surface area contributed by atoms with Crippen molar-refractivity contribution in [2.45, 2.75) is 17.7 Å². The van der Waals surface area contributed by atoms with Crippen LogP contribution in [0, 0.1) is 0 Å². The first-order valence-corrected chi connectivity index (χ1v) is 9.72. The molecule has 1 aliphatic rings. The fraction of sp³-hybridized carbons (Fsp3) is 0.222. The molecule has 2 aromatic carbocycles. The Hall–Kier alpha value is -1.82. The van der Waals surface area contributed by atoms with Gasteiger partial charge in [-0.05, 0) is 42.3 Å². The highest BCUT2D eigenvalue weighted by molar-refractivity contribution is 7.89. The van der Waals surface area contributed by atoms with Crippen LogP contribution in [0.25, 0.3) is 10.9 Å². The molecule has 0 saturated heterocycles. The smallest absolute Gasteiger partial charge is 0.243 e. The van der Waals surface area contributed by atoms with Crippen molar-refractivity contribution in [2.75, 3.05) is 13.1 Å². The second-order valence-corrected chi connectivity index (χ2v) is 8.36. The van der Waals surface area contributed by atoms with E-state index in [-0.39, 0.29) is 0 Å². The minimum Gasteiger partial charge on any atom is -0.358 e. The van der Waals surface area contributed by atoms with Crippen molar-refractivity contribution in [3.63, 3.8) is 0 Å². The van der Waals surface area contributed by atoms with Crippen LogP contribution in [0.15, 0.2) is 53.4 Å². The second-order valence-electron chi connectivity index (χ2n) is 5.99. The number of aromatic nitrogens is 1. The lowest BCUT2D eigenvalue weighted by Crippen LogP contribution is -2.33. The molecule has 1 N–H and O–H groups in total. The van der Waals surface area contributed by atoms with Gasteiger partial charge in [0.05, 0.1) is 4.90 Å². The van der Waals surface area contributed by atoms with E-state index in [1.807, 2.05) is 12.1 Å². The van der Waals surface area contributed by atoms with E-state index in [1.54, 1.807) is 28.6 Å². The molecule has 3 aromatic rings. The fourth-order valence-corrected chi connectivity index (χ4v) is 4.90. The SMILES string of the molecule is O=S(=O)(c1ccc(Cl)cc1)N1CCc2[nH]c3ccccc3c2CC1. The summed E-state index contributed by atoms with van der Waals surface area (Å²) in [6, 6.07) is 14.5. The number of aromatic amines is 1. The Morgan fingerprint density at radius 2 is 1.67 bits per heavy atom. The number of fused-ring (bicyclic) bond motifs is 3. The van der Waals surface area contributed by atoms with Gasteiger partial charge < -0.3 is 4.98 Å². The predicted octanol–water partition coefficient (Wildman–Crippen LogP) is 3.61. The van der Waals surface area contributed by atoms with Crippen LogP contribution in [0.1, 0.15) is 11.3 Å². The molecule has 4 rings (SSSR count). The summed E-state index contributed by atoms with van der Waals surface area (Å²) in [5.41, 5.74) is 3.50. The number of nitrogens with one attached hydrogen (secondary N) is 1. The van der Waals surface area contributed by atoms with Gasteiger partial charge in [-0.2, -0.15) is 4.31 Å². The van der Waals surface area contributed by atoms with Crippen LogP contribution >= 0.6 is 11.6 Å². The summed E-state index contributed by atoms with van der Waals surface area (Å²) in [5, 5.41) is 1.73. The topological polar surface area (TPSA) is 53.2 Å². The number of sulfonamides is 1. The van der Waals surface area contributed by atoms with E-state index in [9.17, 15) is 8.42 Å². The highest BCUT2D eigenvalue weighted by atomic mass is 35.5. The van der Waals surface area contributed by atoms with Gasteiger partial charge >= 0.3 is 0 Å². The maximum atomic E-state index is 12.9. The number of para-hydroxylation sites is 1. The molecule has 1 aliphatic heterocycles. The summed E-state index contributed by atoms with van der Waals surface area (Å²) in [5.74, 6) is 0. The normalized spacial score (nSPS) is 16.0. The number of halogens is 1. The van der Waals surface area contributed by atoms with E-state index >= 15 is 0 Å². The Kier molecular flexibility index (Phi) is 3.87. The van der Waals surface area contributed by atoms with Gasteiger partial charge in [-0.3, -0.25) is 0 Å². The lowest BCUT2D eigenvalue weighted by atomic mass is 10.1. The first-order valence-electron chi connectivity index (χ1n) is 7.90. The van der Waals surface area contributed by atoms with E-state index < -0.39 is 10.0 Å². The van der Waals surface area contributed by atoms with E-state index in [0.29, 0.717) is 35.8 Å². The van der Waals surface area contributed by atoms with E-state index in [4.69, 9.17) is 11.6 Å². The summed E-state index contributed by atoms with van der Waals surface area (Å²) in [6.07, 6.45) is 1.41. The van der Waals surface area contributed by atoms with Crippen molar-refractivity contribution in [1.29, 1.82) is 0 Å². The van der Waals surface area contributed by atoms with Crippen LogP contribution in [0.3, 0.4) is 0 Å². The van der Waals surface area contributed by atoms with Crippen LogP contribution in [-0.4, -0.2) is 30.8 Å². The molecular weight excluding hydrogens is 344 g/mol. The van der Waals surface area contributed by atoms with Gasteiger partial charge in [0.2, 0.25) is 10.0 Å². The van der Waals surface area contributed by atoms with Gasteiger partial charge in [0.25, 0.3) is 0 Å². The molecular formula is C18H17ClN2O2S. The Morgan fingerprint density at radius 1 is 0.958 bits per heavy atom. The second kappa shape index (κ2) is 5.92. The maximum absolute atomic E-state index is 12.9. The quantitative estimate of drug-likeness (QED) is 0.759. The third-order valence-corrected chi connectivity index (χ3v) is 6.74. The number of nitrogens with zero attached hydrogens (tertiary/aromatic N) is 1. The van der Waals surface area contributed by atoms with Gasteiger partial charge in [-0.15, -0.1) is 0 Å². The monoisotopic (exact) mass is 360 g/mol. The van der Waals surface area contributed by atoms with Crippen molar-refractivity contribution in [3.8, 4) is 0 Å². The van der Waals surface area contributed by atoms with Crippen molar-refractivity contribution in [2.24, 2.45) is 0 Å². The molecule has 2 heterocycles. The fourth-order valence-electron chi connectivity index (χ4n) is 3.34. The van der Waals surface area contributed by atoms with E-state index in [1.165, 1.54) is 10.9 Å². The molecule has 0 atom stereocenters. The molecule has 124 valence electrons. The zero-order chi connectivity index (χ0) is 16.7. The van der Waals surface area contributed by atoms with Crippen LogP contribution in [0.4, 0.5) is 0 Å². The Bertz CT molecular complexity index is 994. The predicted molar refractivity (Wildman–Crippen MR) is 95.9 cm³/mol. The van der Waals surface area contributed by atoms with E-state index in [0.717, 1.165) is 11.2 Å². The summed E-state index contributed by atoms with van der Waals surface area (Å²) in [6.45, 7) is 0.963. The summed E-state index contributed by atoms with van der Waals surface area (Å²) < 4.78 is 27.3. The third-order valence-electron chi connectivity index (χ3n) is 4.58. The molecule has 0 amide bonds. The Morgan fingerprint density at radius 3 is 2.46 bits per heavy atom. The van der Waals surface area contributed by atoms with Crippen LogP contribution in [0.2, 0.25) is 5.02 Å².